The number of nitrogens with zero attached hydrogens (tertiary/aromatic N) is 2. The average Bonchev–Trinajstić information content (AvgIpc) is 2.33. The Morgan fingerprint density at radius 3 is 2.67 bits per heavy atom. The van der Waals surface area contributed by atoms with Crippen molar-refractivity contribution < 1.29 is 0 Å². The number of nitrogens with one attached hydrogen (secondary N) is 1. The van der Waals surface area contributed by atoms with Crippen molar-refractivity contribution in [3.05, 3.63) is 60.3 Å². The van der Waals surface area contributed by atoms with Crippen molar-refractivity contribution in [3.8, 4) is 0 Å². The van der Waals surface area contributed by atoms with Gasteiger partial charge in [0.2, 0.25) is 0 Å². The second kappa shape index (κ2) is 4.89. The summed E-state index contributed by atoms with van der Waals surface area (Å²) in [5.41, 5.74) is 1.35. The van der Waals surface area contributed by atoms with Crippen molar-refractivity contribution in [3.63, 3.8) is 0 Å². The molecule has 0 saturated heterocycles. The fourth-order valence-electron chi connectivity index (χ4n) is 1.63. The molecule has 0 aromatic carbocycles. The summed E-state index contributed by atoms with van der Waals surface area (Å²) in [5.74, 6) is 0. The number of hydrogen-bond donors (Lipinski definition) is 1. The molecule has 0 aliphatic rings. The minimum Gasteiger partial charge on any atom is -0.268 e. The predicted octanol–water partition coefficient (Wildman–Crippen LogP) is 1.36. The fraction of sp³-hybridized carbons (Fsp3) is 0.250. The second-order valence-electron chi connectivity index (χ2n) is 4.09. The summed E-state index contributed by atoms with van der Waals surface area (Å²) in [6.45, 7) is 3.59. The molecule has 0 radical (unpaired) electrons. The van der Waals surface area contributed by atoms with Gasteiger partial charge in [-0.25, -0.2) is 4.68 Å². The Bertz CT molecular complexity index is 703. The van der Waals surface area contributed by atoms with Crippen LogP contribution in [-0.2, 0) is 6.54 Å². The summed E-state index contributed by atoms with van der Waals surface area (Å²) in [7, 11) is 0. The monoisotopic (exact) mass is 309 g/mol. The molecule has 0 unspecified atom stereocenters. The Morgan fingerprint density at radius 2 is 2.00 bits per heavy atom. The van der Waals surface area contributed by atoms with E-state index in [0.717, 1.165) is 10.0 Å². The first-order valence-corrected chi connectivity index (χ1v) is 6.18. The molecule has 2 aromatic heterocycles. The van der Waals surface area contributed by atoms with Gasteiger partial charge in [0.25, 0.3) is 11.1 Å². The van der Waals surface area contributed by atoms with E-state index in [4.69, 9.17) is 0 Å². The third-order valence-corrected chi connectivity index (χ3v) is 3.24. The van der Waals surface area contributed by atoms with Crippen LogP contribution in [0.25, 0.3) is 0 Å². The molecule has 0 aliphatic carbocycles. The largest absolute Gasteiger partial charge is 0.268 e. The van der Waals surface area contributed by atoms with Gasteiger partial charge in [0, 0.05) is 28.0 Å². The minimum absolute atomic E-state index is 0.188. The summed E-state index contributed by atoms with van der Waals surface area (Å²) >= 11 is 3.31. The molecule has 0 bridgehead atoms. The number of hydrogen-bond acceptors (Lipinski definition) is 3. The number of H-pyrrole nitrogens is 1. The van der Waals surface area contributed by atoms with Crippen LogP contribution < -0.4 is 11.1 Å². The van der Waals surface area contributed by atoms with Crippen molar-refractivity contribution in [2.24, 2.45) is 0 Å². The topological polar surface area (TPSA) is 67.8 Å². The van der Waals surface area contributed by atoms with Crippen LogP contribution >= 0.6 is 15.9 Å². The lowest BCUT2D eigenvalue weighted by Gasteiger charge is -2.08. The van der Waals surface area contributed by atoms with Crippen LogP contribution in [0.2, 0.25) is 0 Å². The maximum atomic E-state index is 12.0. The molecule has 0 aliphatic heterocycles. The van der Waals surface area contributed by atoms with E-state index in [2.05, 4.69) is 26.0 Å². The Balaban J connectivity index is 2.48. The molecular weight excluding hydrogens is 298 g/mol. The number of halogens is 1. The van der Waals surface area contributed by atoms with Gasteiger partial charge in [-0.1, -0.05) is 0 Å². The highest BCUT2D eigenvalue weighted by Gasteiger charge is 2.07. The van der Waals surface area contributed by atoms with E-state index in [0.29, 0.717) is 17.7 Å². The minimum atomic E-state index is -0.241. The number of pyridine rings is 1. The molecular formula is C12H12BrN3O2. The van der Waals surface area contributed by atoms with Crippen LogP contribution in [0.3, 0.4) is 0 Å². The lowest BCUT2D eigenvalue weighted by molar-refractivity contribution is 0.616. The predicted molar refractivity (Wildman–Crippen MR) is 71.8 cm³/mol. The molecule has 94 valence electrons. The lowest BCUT2D eigenvalue weighted by atomic mass is 10.2. The summed E-state index contributed by atoms with van der Waals surface area (Å²) in [6, 6.07) is 1.85. The number of aromatic amines is 1. The van der Waals surface area contributed by atoms with Crippen LogP contribution in [0.15, 0.2) is 32.5 Å². The number of aromatic nitrogens is 3. The molecule has 6 heteroatoms. The summed E-state index contributed by atoms with van der Waals surface area (Å²) < 4.78 is 2.13. The summed E-state index contributed by atoms with van der Waals surface area (Å²) in [6.07, 6.45) is 3.32. The zero-order chi connectivity index (χ0) is 13.3. The van der Waals surface area contributed by atoms with Crippen LogP contribution in [0, 0.1) is 13.8 Å². The molecule has 0 saturated carbocycles. The highest BCUT2D eigenvalue weighted by Crippen LogP contribution is 2.09. The molecule has 18 heavy (non-hydrogen) atoms. The first-order valence-electron chi connectivity index (χ1n) is 5.39. The molecule has 2 rings (SSSR count). The van der Waals surface area contributed by atoms with Crippen molar-refractivity contribution in [1.29, 1.82) is 0 Å². The van der Waals surface area contributed by atoms with Crippen molar-refractivity contribution >= 4 is 15.9 Å². The van der Waals surface area contributed by atoms with Crippen LogP contribution in [0.4, 0.5) is 0 Å². The van der Waals surface area contributed by atoms with E-state index in [1.807, 2.05) is 6.07 Å². The first kappa shape index (κ1) is 12.8. The van der Waals surface area contributed by atoms with E-state index < -0.39 is 0 Å². The zero-order valence-electron chi connectivity index (χ0n) is 10.0. The van der Waals surface area contributed by atoms with Gasteiger partial charge < -0.3 is 0 Å². The van der Waals surface area contributed by atoms with Gasteiger partial charge in [-0.15, -0.1) is 0 Å². The van der Waals surface area contributed by atoms with Crippen LogP contribution in [0.1, 0.15) is 16.7 Å². The van der Waals surface area contributed by atoms with Crippen molar-refractivity contribution in [2.45, 2.75) is 20.4 Å². The van der Waals surface area contributed by atoms with Crippen molar-refractivity contribution in [2.75, 3.05) is 0 Å². The standard InChI is InChI=1S/C12H12BrN3O2/c1-7-8(2)12(18)16(15-11(7)17)6-9-3-10(13)5-14-4-9/h3-5H,6H2,1-2H3,(H,15,17). The van der Waals surface area contributed by atoms with E-state index in [-0.39, 0.29) is 11.1 Å². The number of rotatable bonds is 2. The third kappa shape index (κ3) is 2.43. The lowest BCUT2D eigenvalue weighted by Crippen LogP contribution is -2.33. The van der Waals surface area contributed by atoms with Gasteiger partial charge in [0.05, 0.1) is 6.54 Å². The second-order valence-corrected chi connectivity index (χ2v) is 5.01. The van der Waals surface area contributed by atoms with E-state index in [1.165, 1.54) is 4.68 Å². The molecule has 0 atom stereocenters. The van der Waals surface area contributed by atoms with Crippen LogP contribution in [-0.4, -0.2) is 14.8 Å². The highest BCUT2D eigenvalue weighted by molar-refractivity contribution is 9.10. The van der Waals surface area contributed by atoms with E-state index in [9.17, 15) is 9.59 Å². The Hall–Kier alpha value is -1.69. The van der Waals surface area contributed by atoms with Gasteiger partial charge in [0.15, 0.2) is 0 Å². The highest BCUT2D eigenvalue weighted by atomic mass is 79.9. The van der Waals surface area contributed by atoms with Gasteiger partial charge in [-0.2, -0.15) is 0 Å². The normalized spacial score (nSPS) is 10.6. The van der Waals surface area contributed by atoms with Crippen molar-refractivity contribution in [1.82, 2.24) is 14.8 Å². The van der Waals surface area contributed by atoms with Gasteiger partial charge in [-0.3, -0.25) is 19.7 Å². The Morgan fingerprint density at radius 1 is 1.28 bits per heavy atom. The summed E-state index contributed by atoms with van der Waals surface area (Å²) in [4.78, 5) is 27.6. The van der Waals surface area contributed by atoms with E-state index >= 15 is 0 Å². The SMILES string of the molecule is Cc1c(C)c(=O)n(Cc2cncc(Br)c2)[nH]c1=O. The zero-order valence-corrected chi connectivity index (χ0v) is 11.6. The van der Waals surface area contributed by atoms with Gasteiger partial charge >= 0.3 is 0 Å². The Kier molecular flexibility index (Phi) is 3.47. The Labute approximate surface area is 112 Å². The molecule has 0 fully saturated rings. The van der Waals surface area contributed by atoms with E-state index in [1.54, 1.807) is 26.2 Å². The maximum absolute atomic E-state index is 12.0. The smallest absolute Gasteiger partial charge is 0.268 e. The quantitative estimate of drug-likeness (QED) is 0.910. The molecule has 0 spiro atoms. The fourth-order valence-corrected chi connectivity index (χ4v) is 2.04. The van der Waals surface area contributed by atoms with Crippen LogP contribution in [0.5, 0.6) is 0 Å². The maximum Gasteiger partial charge on any atom is 0.268 e. The molecule has 0 amide bonds. The first-order chi connectivity index (χ1) is 8.49. The molecule has 2 heterocycles. The van der Waals surface area contributed by atoms with Gasteiger partial charge in [-0.05, 0) is 41.4 Å². The molecule has 5 nitrogen and oxygen atoms in total. The average molecular weight is 310 g/mol. The summed E-state index contributed by atoms with van der Waals surface area (Å²) in [5, 5.41) is 2.56. The molecule has 2 aromatic rings. The van der Waals surface area contributed by atoms with Gasteiger partial charge in [0.1, 0.15) is 0 Å². The third-order valence-electron chi connectivity index (χ3n) is 2.81. The molecule has 1 N–H and O–H groups in total.